The third-order valence-corrected chi connectivity index (χ3v) is 6.71. The highest BCUT2D eigenvalue weighted by Gasteiger charge is 2.50. The molecule has 4 rings (SSSR count). The lowest BCUT2D eigenvalue weighted by molar-refractivity contribution is -0.115. The fraction of sp³-hybridized carbons (Fsp3) is 0.458. The van der Waals surface area contributed by atoms with Gasteiger partial charge in [0.05, 0.1) is 31.4 Å². The summed E-state index contributed by atoms with van der Waals surface area (Å²) >= 11 is 0. The van der Waals surface area contributed by atoms with Gasteiger partial charge in [-0.1, -0.05) is 31.0 Å². The molecule has 160 valence electrons. The molecule has 2 aliphatic rings. The first-order valence-corrected chi connectivity index (χ1v) is 10.5. The van der Waals surface area contributed by atoms with Crippen LogP contribution in [0.4, 0.5) is 0 Å². The number of hydrogen-bond donors (Lipinski definition) is 2. The van der Waals surface area contributed by atoms with Gasteiger partial charge in [-0.05, 0) is 49.1 Å². The summed E-state index contributed by atoms with van der Waals surface area (Å²) in [7, 11) is 3.07. The predicted octanol–water partition coefficient (Wildman–Crippen LogP) is 3.92. The van der Waals surface area contributed by atoms with Gasteiger partial charge in [-0.3, -0.25) is 4.79 Å². The van der Waals surface area contributed by atoms with E-state index in [1.807, 2.05) is 23.1 Å². The average molecular weight is 411 g/mol. The summed E-state index contributed by atoms with van der Waals surface area (Å²) in [6.45, 7) is 0.456. The lowest BCUT2D eigenvalue weighted by Crippen LogP contribution is -2.56. The first kappa shape index (κ1) is 20.5. The van der Waals surface area contributed by atoms with Gasteiger partial charge < -0.3 is 24.6 Å². The molecule has 0 spiro atoms. The summed E-state index contributed by atoms with van der Waals surface area (Å²) in [6, 6.07) is 12.1. The number of benzene rings is 2. The molecule has 0 aromatic heterocycles. The van der Waals surface area contributed by atoms with Gasteiger partial charge in [0.25, 0.3) is 5.91 Å². The van der Waals surface area contributed by atoms with E-state index in [0.29, 0.717) is 30.0 Å². The second-order valence-corrected chi connectivity index (χ2v) is 8.28. The molecule has 1 aliphatic heterocycles. The van der Waals surface area contributed by atoms with Crippen molar-refractivity contribution in [3.05, 3.63) is 53.6 Å². The summed E-state index contributed by atoms with van der Waals surface area (Å²) in [5.41, 5.74) is 0.584. The van der Waals surface area contributed by atoms with Crippen LogP contribution in [-0.4, -0.2) is 47.4 Å². The van der Waals surface area contributed by atoms with E-state index in [0.717, 1.165) is 31.2 Å². The van der Waals surface area contributed by atoms with E-state index in [2.05, 4.69) is 0 Å². The smallest absolute Gasteiger partial charge is 0.258 e. The maximum atomic E-state index is 13.6. The van der Waals surface area contributed by atoms with Gasteiger partial charge in [-0.25, -0.2) is 0 Å². The van der Waals surface area contributed by atoms with Crippen LogP contribution in [0.25, 0.3) is 0 Å². The predicted molar refractivity (Wildman–Crippen MR) is 113 cm³/mol. The van der Waals surface area contributed by atoms with Crippen molar-refractivity contribution in [2.24, 2.45) is 5.92 Å². The largest absolute Gasteiger partial charge is 0.504 e. The number of phenols is 1. The first-order valence-electron chi connectivity index (χ1n) is 10.5. The minimum Gasteiger partial charge on any atom is -0.504 e. The number of amides is 1. The van der Waals surface area contributed by atoms with E-state index in [-0.39, 0.29) is 23.6 Å². The van der Waals surface area contributed by atoms with Gasteiger partial charge in [0.1, 0.15) is 5.75 Å². The standard InChI is InChI=1S/C24H29NO5/c1-29-20-9-4-3-7-17(20)23(27)25-14-13-24(28)12-6-5-8-18(24)22(25)16-10-11-19(26)21(15-16)30-2/h3-4,7,9-11,15,18,22,26,28H,5-6,8,12-14H2,1-2H3/t18-,22+,24+/m1/s1. The van der Waals surface area contributed by atoms with E-state index in [9.17, 15) is 15.0 Å². The molecule has 2 aromatic carbocycles. The maximum absolute atomic E-state index is 13.6. The van der Waals surface area contributed by atoms with Crippen molar-refractivity contribution in [1.29, 1.82) is 0 Å². The second kappa shape index (κ2) is 8.19. The molecule has 1 amide bonds. The number of aliphatic hydroxyl groups is 1. The average Bonchev–Trinajstić information content (AvgIpc) is 2.78. The number of fused-ring (bicyclic) bond motifs is 1. The van der Waals surface area contributed by atoms with Crippen molar-refractivity contribution in [3.63, 3.8) is 0 Å². The molecule has 1 saturated carbocycles. The quantitative estimate of drug-likeness (QED) is 0.797. The van der Waals surface area contributed by atoms with E-state index in [1.165, 1.54) is 7.11 Å². The molecule has 2 fully saturated rings. The Kier molecular flexibility index (Phi) is 5.60. The van der Waals surface area contributed by atoms with Crippen LogP contribution in [-0.2, 0) is 0 Å². The number of carbonyl (C=O) groups is 1. The van der Waals surface area contributed by atoms with Gasteiger partial charge in [0.15, 0.2) is 11.5 Å². The molecule has 30 heavy (non-hydrogen) atoms. The number of hydrogen-bond acceptors (Lipinski definition) is 5. The van der Waals surface area contributed by atoms with Crippen molar-refractivity contribution >= 4 is 5.91 Å². The number of nitrogens with zero attached hydrogens (tertiary/aromatic N) is 1. The van der Waals surface area contributed by atoms with Crippen molar-refractivity contribution < 1.29 is 24.5 Å². The topological polar surface area (TPSA) is 79.2 Å². The number of carbonyl (C=O) groups excluding carboxylic acids is 1. The molecule has 3 atom stereocenters. The van der Waals surface area contributed by atoms with Crippen molar-refractivity contribution in [3.8, 4) is 17.2 Å². The lowest BCUT2D eigenvalue weighted by Gasteiger charge is -2.52. The number of piperidine rings is 1. The summed E-state index contributed by atoms with van der Waals surface area (Å²) in [4.78, 5) is 15.5. The maximum Gasteiger partial charge on any atom is 0.258 e. The number of aromatic hydroxyl groups is 1. The van der Waals surface area contributed by atoms with Gasteiger partial charge >= 0.3 is 0 Å². The molecule has 1 heterocycles. The van der Waals surface area contributed by atoms with Crippen molar-refractivity contribution in [1.82, 2.24) is 4.90 Å². The minimum absolute atomic E-state index is 0.0542. The van der Waals surface area contributed by atoms with Crippen LogP contribution in [0.2, 0.25) is 0 Å². The number of para-hydroxylation sites is 1. The Labute approximate surface area is 177 Å². The van der Waals surface area contributed by atoms with Crippen LogP contribution < -0.4 is 9.47 Å². The Bertz CT molecular complexity index is 930. The third-order valence-electron chi connectivity index (χ3n) is 6.71. The molecule has 1 aliphatic carbocycles. The summed E-state index contributed by atoms with van der Waals surface area (Å²) in [5, 5.41) is 21.5. The molecular formula is C24H29NO5. The summed E-state index contributed by atoms with van der Waals surface area (Å²) in [6.07, 6.45) is 4.18. The molecular weight excluding hydrogens is 382 g/mol. The highest BCUT2D eigenvalue weighted by atomic mass is 16.5. The van der Waals surface area contributed by atoms with E-state index >= 15 is 0 Å². The van der Waals surface area contributed by atoms with Crippen LogP contribution in [0.3, 0.4) is 0 Å². The zero-order valence-corrected chi connectivity index (χ0v) is 17.5. The van der Waals surface area contributed by atoms with Gasteiger partial charge in [0, 0.05) is 12.5 Å². The molecule has 0 unspecified atom stereocenters. The number of methoxy groups -OCH3 is 2. The SMILES string of the molecule is COc1cc([C@H]2[C@H]3CCCC[C@]3(O)CCN2C(=O)c2ccccc2OC)ccc1O. The van der Waals surface area contributed by atoms with Crippen LogP contribution in [0.15, 0.2) is 42.5 Å². The Morgan fingerprint density at radius 1 is 1.07 bits per heavy atom. The molecule has 0 bridgehead atoms. The molecule has 1 saturated heterocycles. The van der Waals surface area contributed by atoms with Gasteiger partial charge in [-0.15, -0.1) is 0 Å². The summed E-state index contributed by atoms with van der Waals surface area (Å²) < 4.78 is 10.7. The van der Waals surface area contributed by atoms with Crippen LogP contribution >= 0.6 is 0 Å². The zero-order chi connectivity index (χ0) is 21.3. The Hall–Kier alpha value is -2.73. The monoisotopic (exact) mass is 411 g/mol. The molecule has 6 heteroatoms. The second-order valence-electron chi connectivity index (χ2n) is 8.28. The fourth-order valence-corrected chi connectivity index (χ4v) is 5.18. The third kappa shape index (κ3) is 3.49. The van der Waals surface area contributed by atoms with Crippen LogP contribution in [0.1, 0.15) is 54.1 Å². The van der Waals surface area contributed by atoms with Crippen LogP contribution in [0, 0.1) is 5.92 Å². The van der Waals surface area contributed by atoms with Gasteiger partial charge in [-0.2, -0.15) is 0 Å². The van der Waals surface area contributed by atoms with Crippen molar-refractivity contribution in [2.75, 3.05) is 20.8 Å². The molecule has 2 aromatic rings. The fourth-order valence-electron chi connectivity index (χ4n) is 5.18. The van der Waals surface area contributed by atoms with E-state index in [1.54, 1.807) is 31.4 Å². The Morgan fingerprint density at radius 2 is 1.83 bits per heavy atom. The zero-order valence-electron chi connectivity index (χ0n) is 17.5. The van der Waals surface area contributed by atoms with Crippen LogP contribution in [0.5, 0.6) is 17.2 Å². The highest BCUT2D eigenvalue weighted by Crippen LogP contribution is 2.50. The van der Waals surface area contributed by atoms with E-state index in [4.69, 9.17) is 9.47 Å². The molecule has 6 nitrogen and oxygen atoms in total. The highest BCUT2D eigenvalue weighted by molar-refractivity contribution is 5.97. The molecule has 0 radical (unpaired) electrons. The number of ether oxygens (including phenoxy) is 2. The first-order chi connectivity index (χ1) is 14.5. The van der Waals surface area contributed by atoms with Gasteiger partial charge in [0.2, 0.25) is 0 Å². The number of rotatable bonds is 4. The number of likely N-dealkylation sites (tertiary alicyclic amines) is 1. The Balaban J connectivity index is 1.79. The lowest BCUT2D eigenvalue weighted by atomic mass is 9.66. The molecule has 2 N–H and O–H groups in total. The summed E-state index contributed by atoms with van der Waals surface area (Å²) in [5.74, 6) is 0.764. The Morgan fingerprint density at radius 3 is 2.60 bits per heavy atom. The van der Waals surface area contributed by atoms with Crippen molar-refractivity contribution in [2.45, 2.75) is 43.7 Å². The van der Waals surface area contributed by atoms with E-state index < -0.39 is 5.60 Å². The minimum atomic E-state index is -0.786. The normalized spacial score (nSPS) is 26.0. The number of phenolic OH excluding ortho intramolecular Hbond substituents is 1.